The van der Waals surface area contributed by atoms with Gasteiger partial charge in [0.1, 0.15) is 11.2 Å². The van der Waals surface area contributed by atoms with Crippen LogP contribution in [0.4, 0.5) is 9.59 Å². The van der Waals surface area contributed by atoms with Crippen LogP contribution in [0.3, 0.4) is 0 Å². The predicted molar refractivity (Wildman–Crippen MR) is 125 cm³/mol. The summed E-state index contributed by atoms with van der Waals surface area (Å²) in [4.78, 5) is 25.3. The molecule has 0 aliphatic carbocycles. The maximum atomic E-state index is 12.6. The van der Waals surface area contributed by atoms with Crippen molar-refractivity contribution in [1.29, 1.82) is 0 Å². The molecule has 0 aromatic heterocycles. The van der Waals surface area contributed by atoms with Crippen LogP contribution in [-0.4, -0.2) is 46.1 Å². The quantitative estimate of drug-likeness (QED) is 0.563. The lowest BCUT2D eigenvalue weighted by Crippen LogP contribution is -2.32. The van der Waals surface area contributed by atoms with E-state index in [2.05, 4.69) is 0 Å². The van der Waals surface area contributed by atoms with E-state index in [1.165, 1.54) is 22.7 Å². The average Bonchev–Trinajstić information content (AvgIpc) is 3.22. The van der Waals surface area contributed by atoms with E-state index >= 15 is 0 Å². The van der Waals surface area contributed by atoms with Crippen LogP contribution in [-0.2, 0) is 12.8 Å². The van der Waals surface area contributed by atoms with Crippen molar-refractivity contribution in [2.24, 2.45) is 0 Å². The summed E-state index contributed by atoms with van der Waals surface area (Å²) in [5, 5.41) is 0. The number of fused-ring (bicyclic) bond motifs is 2. The molecule has 176 valence electrons. The third kappa shape index (κ3) is 4.98. The molecule has 0 saturated heterocycles. The molecule has 2 aliphatic rings. The van der Waals surface area contributed by atoms with Crippen LogP contribution in [0.25, 0.3) is 0 Å². The second kappa shape index (κ2) is 8.37. The lowest BCUT2D eigenvalue weighted by Gasteiger charge is -2.23. The number of carbonyl (C=O) groups excluding carboxylic acids is 2. The summed E-state index contributed by atoms with van der Waals surface area (Å²) < 4.78 is 25.4. The molecule has 0 saturated carbocycles. The van der Waals surface area contributed by atoms with E-state index in [0.717, 1.165) is 36.1 Å². The van der Waals surface area contributed by atoms with Gasteiger partial charge in [-0.2, -0.15) is 0 Å². The summed E-state index contributed by atoms with van der Waals surface area (Å²) in [5.74, 6) is 1.84. The van der Waals surface area contributed by atoms with Gasteiger partial charge in [0.2, 0.25) is 0 Å². The number of hydrogen-bond acceptors (Lipinski definition) is 7. The van der Waals surface area contributed by atoms with E-state index in [0.29, 0.717) is 23.0 Å². The molecule has 4 rings (SSSR count). The lowest BCUT2D eigenvalue weighted by atomic mass is 10.0. The van der Waals surface area contributed by atoms with Crippen molar-refractivity contribution >= 4 is 24.3 Å². The first-order valence-corrected chi connectivity index (χ1v) is 11.4. The molecule has 33 heavy (non-hydrogen) atoms. The van der Waals surface area contributed by atoms with Crippen molar-refractivity contribution in [1.82, 2.24) is 8.61 Å². The Morgan fingerprint density at radius 3 is 1.58 bits per heavy atom. The molecule has 8 nitrogen and oxygen atoms in total. The second-order valence-electron chi connectivity index (χ2n) is 9.38. The minimum Gasteiger partial charge on any atom is -0.483 e. The average molecular weight is 473 g/mol. The summed E-state index contributed by atoms with van der Waals surface area (Å²) >= 11 is 0.856. The molecule has 0 bridgehead atoms. The number of amides is 2. The molecule has 2 aliphatic heterocycles. The summed E-state index contributed by atoms with van der Waals surface area (Å²) in [6.07, 6.45) is 0.174. The Balaban J connectivity index is 1.37. The molecule has 2 aromatic carbocycles. The second-order valence-corrected chi connectivity index (χ2v) is 10.6. The first-order valence-electron chi connectivity index (χ1n) is 10.7. The van der Waals surface area contributed by atoms with Gasteiger partial charge in [0, 0.05) is 38.1 Å². The fourth-order valence-corrected chi connectivity index (χ4v) is 4.48. The third-order valence-corrected chi connectivity index (χ3v) is 6.05. The van der Waals surface area contributed by atoms with E-state index in [9.17, 15) is 9.59 Å². The van der Waals surface area contributed by atoms with Crippen molar-refractivity contribution in [2.75, 3.05) is 14.1 Å². The third-order valence-electron chi connectivity index (χ3n) is 5.26. The SMILES string of the molecule is CN(SN(C)C(=O)Oc1cccc2c1OC(C)(C)C2)C(=O)Oc1cccc2c1OC(C)(C)C2. The molecule has 0 radical (unpaired) electrons. The van der Waals surface area contributed by atoms with Gasteiger partial charge in [-0.1, -0.05) is 24.3 Å². The highest BCUT2D eigenvalue weighted by molar-refractivity contribution is 7.95. The van der Waals surface area contributed by atoms with Crippen LogP contribution in [0.15, 0.2) is 36.4 Å². The number of rotatable bonds is 4. The Bertz CT molecular complexity index is 1010. The molecular formula is C24H28N2O6S. The highest BCUT2D eigenvalue weighted by Crippen LogP contribution is 2.43. The van der Waals surface area contributed by atoms with Gasteiger partial charge in [-0.15, -0.1) is 0 Å². The standard InChI is InChI=1S/C24H28N2O6S/c1-23(2)13-15-9-7-11-17(19(15)31-23)29-21(27)25(5)33-26(6)22(28)30-18-12-8-10-16-14-24(3,4)32-20(16)18/h7-12H,13-14H2,1-6H3. The molecule has 0 atom stereocenters. The first kappa shape index (κ1) is 23.1. The van der Waals surface area contributed by atoms with Gasteiger partial charge in [-0.05, 0) is 39.8 Å². The Hall–Kier alpha value is -3.07. The van der Waals surface area contributed by atoms with Crippen LogP contribution >= 0.6 is 12.1 Å². The van der Waals surface area contributed by atoms with Gasteiger partial charge < -0.3 is 18.9 Å². The van der Waals surface area contributed by atoms with Crippen molar-refractivity contribution in [3.05, 3.63) is 47.5 Å². The van der Waals surface area contributed by atoms with Crippen molar-refractivity contribution in [2.45, 2.75) is 51.7 Å². The minimum absolute atomic E-state index is 0.348. The van der Waals surface area contributed by atoms with E-state index in [-0.39, 0.29) is 11.2 Å². The Morgan fingerprint density at radius 2 is 1.18 bits per heavy atom. The topological polar surface area (TPSA) is 77.5 Å². The van der Waals surface area contributed by atoms with Crippen LogP contribution in [0.5, 0.6) is 23.0 Å². The van der Waals surface area contributed by atoms with Gasteiger partial charge in [0.15, 0.2) is 23.0 Å². The van der Waals surface area contributed by atoms with Crippen molar-refractivity contribution in [3.8, 4) is 23.0 Å². The van der Waals surface area contributed by atoms with Gasteiger partial charge >= 0.3 is 12.2 Å². The van der Waals surface area contributed by atoms with E-state index < -0.39 is 12.2 Å². The molecule has 0 fully saturated rings. The highest BCUT2D eigenvalue weighted by Gasteiger charge is 2.34. The Morgan fingerprint density at radius 1 is 0.788 bits per heavy atom. The maximum absolute atomic E-state index is 12.6. The minimum atomic E-state index is -0.646. The van der Waals surface area contributed by atoms with Gasteiger partial charge in [0.25, 0.3) is 0 Å². The molecule has 2 heterocycles. The predicted octanol–water partition coefficient (Wildman–Crippen LogP) is 5.24. The summed E-state index contributed by atoms with van der Waals surface area (Å²) in [6.45, 7) is 7.93. The Labute approximate surface area is 198 Å². The molecule has 0 spiro atoms. The lowest BCUT2D eigenvalue weighted by molar-refractivity contribution is 0.131. The number of hydrogen-bond donors (Lipinski definition) is 0. The van der Waals surface area contributed by atoms with Crippen LogP contribution in [0.1, 0.15) is 38.8 Å². The highest BCUT2D eigenvalue weighted by atomic mass is 32.2. The smallest absolute Gasteiger partial charge is 0.426 e. The van der Waals surface area contributed by atoms with Crippen LogP contribution < -0.4 is 18.9 Å². The van der Waals surface area contributed by atoms with Crippen LogP contribution in [0.2, 0.25) is 0 Å². The maximum Gasteiger partial charge on any atom is 0.426 e. The largest absolute Gasteiger partial charge is 0.483 e. The number of benzene rings is 2. The fraction of sp³-hybridized carbons (Fsp3) is 0.417. The van der Waals surface area contributed by atoms with E-state index in [1.54, 1.807) is 12.1 Å². The first-order chi connectivity index (χ1) is 15.4. The summed E-state index contributed by atoms with van der Waals surface area (Å²) in [6, 6.07) is 10.9. The zero-order valence-corrected chi connectivity index (χ0v) is 20.4. The van der Waals surface area contributed by atoms with Gasteiger partial charge in [0.05, 0.1) is 12.1 Å². The number of carbonyl (C=O) groups is 2. The summed E-state index contributed by atoms with van der Waals surface area (Å²) in [7, 11) is 3.02. The number of para-hydroxylation sites is 2. The molecule has 0 unspecified atom stereocenters. The van der Waals surface area contributed by atoms with Crippen molar-refractivity contribution < 1.29 is 28.5 Å². The molecule has 2 aromatic rings. The van der Waals surface area contributed by atoms with Crippen LogP contribution in [0, 0.1) is 0 Å². The van der Waals surface area contributed by atoms with Gasteiger partial charge in [-0.3, -0.25) is 0 Å². The zero-order chi connectivity index (χ0) is 24.0. The molecule has 9 heteroatoms. The molecule has 2 amide bonds. The summed E-state index contributed by atoms with van der Waals surface area (Å²) in [5.41, 5.74) is 1.27. The monoisotopic (exact) mass is 472 g/mol. The Kier molecular flexibility index (Phi) is 5.86. The molecule has 0 N–H and O–H groups in total. The normalized spacial score (nSPS) is 16.7. The molecular weight excluding hydrogens is 444 g/mol. The number of nitrogens with zero attached hydrogens (tertiary/aromatic N) is 2. The fourth-order valence-electron chi connectivity index (χ4n) is 3.90. The zero-order valence-electron chi connectivity index (χ0n) is 19.6. The van der Waals surface area contributed by atoms with E-state index in [4.69, 9.17) is 18.9 Å². The number of ether oxygens (including phenoxy) is 4. The van der Waals surface area contributed by atoms with Gasteiger partial charge in [-0.25, -0.2) is 18.2 Å². The van der Waals surface area contributed by atoms with E-state index in [1.807, 2.05) is 52.0 Å². The van der Waals surface area contributed by atoms with Crippen molar-refractivity contribution in [3.63, 3.8) is 0 Å².